The Balaban J connectivity index is 1.64. The van der Waals surface area contributed by atoms with E-state index >= 15 is 0 Å². The zero-order valence-corrected chi connectivity index (χ0v) is 23.3. The standard InChI is InChI=1S/C30H22Cl2F7NO3/c31-23-8-3-9-25(26(23)32)42-21-6-1-4-18(14-21)27(19-5-2-7-22(15-19)43-30(38,39)28(33)34)40-16-24(41)17-10-12-20(13-11-17)29(35,36)37/h1-15,24,27-28,40-41H,16H2. The zero-order valence-electron chi connectivity index (χ0n) is 21.8. The molecular formula is C30H22Cl2F7NO3. The van der Waals surface area contributed by atoms with Gasteiger partial charge in [-0.25, -0.2) is 0 Å². The van der Waals surface area contributed by atoms with Crippen molar-refractivity contribution in [1.29, 1.82) is 0 Å². The molecule has 13 heteroatoms. The van der Waals surface area contributed by atoms with Crippen molar-refractivity contribution in [3.05, 3.63) is 123 Å². The number of nitrogens with one attached hydrogen (secondary N) is 1. The second-order valence-corrected chi connectivity index (χ2v) is 10.0. The van der Waals surface area contributed by atoms with Crippen molar-refractivity contribution < 1.29 is 45.3 Å². The van der Waals surface area contributed by atoms with Crippen LogP contribution in [0.1, 0.15) is 34.4 Å². The summed E-state index contributed by atoms with van der Waals surface area (Å²) in [6.45, 7) is -0.209. The third-order valence-corrected chi connectivity index (χ3v) is 6.97. The maximum absolute atomic E-state index is 13.6. The second-order valence-electron chi connectivity index (χ2n) is 9.24. The van der Waals surface area contributed by atoms with Crippen LogP contribution in [0.3, 0.4) is 0 Å². The van der Waals surface area contributed by atoms with Crippen molar-refractivity contribution in [1.82, 2.24) is 5.32 Å². The third-order valence-electron chi connectivity index (χ3n) is 6.17. The van der Waals surface area contributed by atoms with Crippen LogP contribution in [-0.2, 0) is 6.18 Å². The monoisotopic (exact) mass is 647 g/mol. The molecule has 0 fully saturated rings. The Labute approximate surface area is 251 Å². The van der Waals surface area contributed by atoms with Crippen LogP contribution >= 0.6 is 23.2 Å². The predicted molar refractivity (Wildman–Crippen MR) is 147 cm³/mol. The molecule has 2 N–H and O–H groups in total. The van der Waals surface area contributed by atoms with Gasteiger partial charge in [0.2, 0.25) is 0 Å². The number of rotatable bonds is 11. The minimum atomic E-state index is -4.75. The van der Waals surface area contributed by atoms with Gasteiger partial charge in [0.05, 0.1) is 22.7 Å². The van der Waals surface area contributed by atoms with E-state index in [1.54, 1.807) is 42.5 Å². The highest BCUT2D eigenvalue weighted by Crippen LogP contribution is 2.37. The highest BCUT2D eigenvalue weighted by molar-refractivity contribution is 6.42. The molecule has 4 rings (SSSR count). The SMILES string of the molecule is OC(CNC(c1cccc(Oc2cccc(Cl)c2Cl)c1)c1cccc(OC(F)(F)C(F)F)c1)c1ccc(C(F)(F)F)cc1. The molecule has 0 heterocycles. The first-order valence-corrected chi connectivity index (χ1v) is 13.3. The van der Waals surface area contributed by atoms with Crippen molar-refractivity contribution in [3.63, 3.8) is 0 Å². The average molecular weight is 648 g/mol. The number of ether oxygens (including phenoxy) is 2. The van der Waals surface area contributed by atoms with Gasteiger partial charge < -0.3 is 19.9 Å². The van der Waals surface area contributed by atoms with Crippen LogP contribution in [-0.4, -0.2) is 24.2 Å². The lowest BCUT2D eigenvalue weighted by Gasteiger charge is -2.24. The van der Waals surface area contributed by atoms with E-state index in [1.807, 2.05) is 0 Å². The minimum absolute atomic E-state index is 0.161. The fraction of sp³-hybridized carbons (Fsp3) is 0.200. The van der Waals surface area contributed by atoms with Gasteiger partial charge in [0, 0.05) is 6.54 Å². The molecule has 4 aromatic carbocycles. The fourth-order valence-corrected chi connectivity index (χ4v) is 4.41. The highest BCUT2D eigenvalue weighted by Gasteiger charge is 2.44. The molecule has 0 aliphatic heterocycles. The van der Waals surface area contributed by atoms with Gasteiger partial charge in [-0.05, 0) is 65.2 Å². The molecule has 0 aliphatic carbocycles. The molecule has 0 radical (unpaired) electrons. The smallest absolute Gasteiger partial charge is 0.456 e. The fourth-order valence-electron chi connectivity index (χ4n) is 4.08. The molecule has 0 spiro atoms. The third kappa shape index (κ3) is 8.32. The van der Waals surface area contributed by atoms with Crippen LogP contribution in [0.15, 0.2) is 91.0 Å². The Bertz CT molecular complexity index is 1540. The van der Waals surface area contributed by atoms with Crippen LogP contribution < -0.4 is 14.8 Å². The van der Waals surface area contributed by atoms with E-state index in [2.05, 4.69) is 10.1 Å². The second kappa shape index (κ2) is 13.4. The van der Waals surface area contributed by atoms with Crippen LogP contribution in [0.4, 0.5) is 30.7 Å². The lowest BCUT2D eigenvalue weighted by molar-refractivity contribution is -0.253. The van der Waals surface area contributed by atoms with Gasteiger partial charge in [-0.15, -0.1) is 0 Å². The molecule has 0 bridgehead atoms. The zero-order chi connectivity index (χ0) is 31.4. The number of halogens is 9. The number of hydrogen-bond donors (Lipinski definition) is 2. The van der Waals surface area contributed by atoms with E-state index in [4.69, 9.17) is 27.9 Å². The summed E-state index contributed by atoms with van der Waals surface area (Å²) in [4.78, 5) is 0. The van der Waals surface area contributed by atoms with E-state index in [1.165, 1.54) is 12.1 Å². The highest BCUT2D eigenvalue weighted by atomic mass is 35.5. The summed E-state index contributed by atoms with van der Waals surface area (Å²) >= 11 is 12.3. The topological polar surface area (TPSA) is 50.7 Å². The number of aliphatic hydroxyl groups excluding tert-OH is 1. The van der Waals surface area contributed by atoms with Gasteiger partial charge in [0.1, 0.15) is 22.3 Å². The van der Waals surface area contributed by atoms with Crippen molar-refractivity contribution >= 4 is 23.2 Å². The summed E-state index contributed by atoms with van der Waals surface area (Å²) in [5, 5.41) is 14.2. The van der Waals surface area contributed by atoms with Crippen molar-refractivity contribution in [2.75, 3.05) is 6.54 Å². The summed E-state index contributed by atoms with van der Waals surface area (Å²) in [5.41, 5.74) is 0.0528. The number of aliphatic hydroxyl groups is 1. The van der Waals surface area contributed by atoms with Crippen LogP contribution in [0, 0.1) is 0 Å². The molecular weight excluding hydrogens is 626 g/mol. The summed E-state index contributed by atoms with van der Waals surface area (Å²) in [6, 6.07) is 19.3. The minimum Gasteiger partial charge on any atom is -0.456 e. The summed E-state index contributed by atoms with van der Waals surface area (Å²) in [7, 11) is 0. The lowest BCUT2D eigenvalue weighted by atomic mass is 9.97. The lowest BCUT2D eigenvalue weighted by Crippen LogP contribution is -2.33. The Morgan fingerprint density at radius 1 is 0.744 bits per heavy atom. The molecule has 2 unspecified atom stereocenters. The summed E-state index contributed by atoms with van der Waals surface area (Å²) in [5.74, 6) is 0.00238. The van der Waals surface area contributed by atoms with Crippen LogP contribution in [0.25, 0.3) is 0 Å². The van der Waals surface area contributed by atoms with E-state index in [0.29, 0.717) is 11.3 Å². The van der Waals surface area contributed by atoms with Crippen molar-refractivity contribution in [2.45, 2.75) is 30.9 Å². The van der Waals surface area contributed by atoms with Gasteiger partial charge >= 0.3 is 18.7 Å². The first-order valence-electron chi connectivity index (χ1n) is 12.5. The maximum atomic E-state index is 13.6. The largest absolute Gasteiger partial charge is 0.461 e. The van der Waals surface area contributed by atoms with E-state index < -0.39 is 42.2 Å². The molecule has 0 amide bonds. The molecule has 0 aromatic heterocycles. The molecule has 4 aromatic rings. The van der Waals surface area contributed by atoms with E-state index in [-0.39, 0.29) is 33.5 Å². The Hall–Kier alpha value is -3.51. The van der Waals surface area contributed by atoms with Gasteiger partial charge in [-0.1, -0.05) is 65.7 Å². The molecule has 4 nitrogen and oxygen atoms in total. The molecule has 0 aliphatic rings. The molecule has 2 atom stereocenters. The molecule has 43 heavy (non-hydrogen) atoms. The van der Waals surface area contributed by atoms with E-state index in [9.17, 15) is 35.8 Å². The molecule has 228 valence electrons. The first-order chi connectivity index (χ1) is 20.2. The normalized spacial score (nSPS) is 13.6. The van der Waals surface area contributed by atoms with Gasteiger partial charge in [-0.3, -0.25) is 0 Å². The average Bonchev–Trinajstić information content (AvgIpc) is 2.95. The van der Waals surface area contributed by atoms with Crippen molar-refractivity contribution in [2.24, 2.45) is 0 Å². The number of benzene rings is 4. The summed E-state index contributed by atoms with van der Waals surface area (Å²) in [6.07, 6.45) is -14.7. The van der Waals surface area contributed by atoms with Crippen LogP contribution in [0.5, 0.6) is 17.2 Å². The van der Waals surface area contributed by atoms with Gasteiger partial charge in [-0.2, -0.15) is 30.7 Å². The Kier molecular flexibility index (Phi) is 10.1. The molecule has 0 saturated carbocycles. The quantitative estimate of drug-likeness (QED) is 0.159. The van der Waals surface area contributed by atoms with Gasteiger partial charge in [0.15, 0.2) is 0 Å². The number of alkyl halides is 7. The number of hydrogen-bond acceptors (Lipinski definition) is 4. The maximum Gasteiger partial charge on any atom is 0.461 e. The first kappa shape index (κ1) is 32.4. The van der Waals surface area contributed by atoms with Crippen molar-refractivity contribution in [3.8, 4) is 17.2 Å². The van der Waals surface area contributed by atoms with Crippen LogP contribution in [0.2, 0.25) is 10.0 Å². The molecule has 0 saturated heterocycles. The van der Waals surface area contributed by atoms with Gasteiger partial charge in [0.25, 0.3) is 0 Å². The van der Waals surface area contributed by atoms with E-state index in [0.717, 1.165) is 36.4 Å². The Morgan fingerprint density at radius 2 is 1.33 bits per heavy atom. The predicted octanol–water partition coefficient (Wildman–Crippen LogP) is 9.45. The Morgan fingerprint density at radius 3 is 1.93 bits per heavy atom. The summed E-state index contributed by atoms with van der Waals surface area (Å²) < 4.78 is 102.